The van der Waals surface area contributed by atoms with Gasteiger partial charge in [-0.15, -0.1) is 0 Å². The first kappa shape index (κ1) is 105. The normalized spacial score (nSPS) is 14.9. The van der Waals surface area contributed by atoms with E-state index in [1.54, 1.807) is 0 Å². The van der Waals surface area contributed by atoms with Crippen LogP contribution in [0.15, 0.2) is 219 Å². The lowest BCUT2D eigenvalue weighted by Gasteiger charge is -2.21. The van der Waals surface area contributed by atoms with Gasteiger partial charge >= 0.3 is 39.5 Å². The van der Waals surface area contributed by atoms with Crippen LogP contribution in [-0.4, -0.2) is 96.7 Å². The Hall–Kier alpha value is -6.62. The molecule has 630 valence electrons. The van der Waals surface area contributed by atoms with Gasteiger partial charge in [0.25, 0.3) is 0 Å². The SMILES string of the molecule is CC/C=C\C/C=C\C/C=C\C/C=C\C/C=C\C/C=C\CCC(=O)OC[C@H](COP(=O)(O)OC[C@@H](O)COP(=O)(O)OC[C@@H](COC(=O)CCCCC/C=C\C/C=C\C/C=C\C/C=C\C/C=C\CC)OC(=O)CCCCC/C=C\C/C=C\C/C=C\C/C=C\C/C=C\CC)OC(=O)CCCCCCC/C=C\C/C=C\CCCCC. The van der Waals surface area contributed by atoms with E-state index in [1.165, 1.54) is 19.3 Å². The van der Waals surface area contributed by atoms with Crippen molar-refractivity contribution in [1.82, 2.24) is 0 Å². The molecule has 0 aliphatic carbocycles. The number of carbonyl (C=O) groups is 4. The topological polar surface area (TPSA) is 237 Å². The molecule has 0 bridgehead atoms. The van der Waals surface area contributed by atoms with Gasteiger partial charge in [0, 0.05) is 25.7 Å². The van der Waals surface area contributed by atoms with Gasteiger partial charge in [-0.25, -0.2) is 9.13 Å². The summed E-state index contributed by atoms with van der Waals surface area (Å²) in [5.74, 6) is -2.39. The zero-order valence-electron chi connectivity index (χ0n) is 69.0. The molecule has 0 saturated carbocycles. The molecule has 0 amide bonds. The molecular weight excluding hydrogens is 1450 g/mol. The summed E-state index contributed by atoms with van der Waals surface area (Å²) in [6.45, 7) is 4.30. The molecule has 0 aromatic rings. The van der Waals surface area contributed by atoms with Crippen molar-refractivity contribution in [3.63, 3.8) is 0 Å². The Morgan fingerprint density at radius 2 is 0.482 bits per heavy atom. The molecular formula is C93H146O17P2. The average Bonchev–Trinajstić information content (AvgIpc) is 0.898. The minimum absolute atomic E-state index is 0.0233. The molecule has 0 aliphatic rings. The predicted octanol–water partition coefficient (Wildman–Crippen LogP) is 25.2. The monoisotopic (exact) mass is 1600 g/mol. The van der Waals surface area contributed by atoms with Crippen LogP contribution in [0.25, 0.3) is 0 Å². The number of ether oxygens (including phenoxy) is 4. The molecule has 0 aromatic heterocycles. The van der Waals surface area contributed by atoms with Crippen molar-refractivity contribution < 1.29 is 80.2 Å². The van der Waals surface area contributed by atoms with Crippen LogP contribution in [0.3, 0.4) is 0 Å². The molecule has 0 spiro atoms. The first-order valence-corrected chi connectivity index (χ1v) is 45.0. The van der Waals surface area contributed by atoms with Gasteiger partial charge in [-0.05, 0) is 186 Å². The molecule has 19 heteroatoms. The Morgan fingerprint density at radius 3 is 0.777 bits per heavy atom. The van der Waals surface area contributed by atoms with Gasteiger partial charge in [0.05, 0.1) is 26.4 Å². The minimum atomic E-state index is -5.02. The van der Waals surface area contributed by atoms with E-state index in [0.29, 0.717) is 32.1 Å². The second-order valence-electron chi connectivity index (χ2n) is 26.9. The minimum Gasteiger partial charge on any atom is -0.462 e. The summed E-state index contributed by atoms with van der Waals surface area (Å²) in [5.41, 5.74) is 0. The largest absolute Gasteiger partial charge is 0.472 e. The van der Waals surface area contributed by atoms with E-state index in [2.05, 4.69) is 228 Å². The lowest BCUT2D eigenvalue weighted by molar-refractivity contribution is -0.161. The summed E-state index contributed by atoms with van der Waals surface area (Å²) in [7, 11) is -10.0. The average molecular weight is 1600 g/mol. The highest BCUT2D eigenvalue weighted by Gasteiger charge is 2.30. The molecule has 0 fully saturated rings. The first-order chi connectivity index (χ1) is 54.7. The van der Waals surface area contributed by atoms with Gasteiger partial charge in [0.1, 0.15) is 19.3 Å². The van der Waals surface area contributed by atoms with E-state index in [9.17, 15) is 43.2 Å². The molecule has 0 rings (SSSR count). The fourth-order valence-corrected chi connectivity index (χ4v) is 11.7. The number of aliphatic hydroxyl groups is 1. The van der Waals surface area contributed by atoms with Crippen LogP contribution in [0.5, 0.6) is 0 Å². The molecule has 112 heavy (non-hydrogen) atoms. The van der Waals surface area contributed by atoms with E-state index in [4.69, 9.17) is 37.0 Å². The number of allylic oxidation sites excluding steroid dienone is 36. The maximum absolute atomic E-state index is 13.1. The fraction of sp³-hybridized carbons (Fsp3) is 0.570. The Kier molecular flexibility index (Phi) is 77.5. The third-order valence-electron chi connectivity index (χ3n) is 16.4. The van der Waals surface area contributed by atoms with Crippen LogP contribution >= 0.6 is 15.6 Å². The maximum atomic E-state index is 13.1. The van der Waals surface area contributed by atoms with Crippen LogP contribution in [0.4, 0.5) is 0 Å². The number of hydrogen-bond acceptors (Lipinski definition) is 15. The number of carbonyl (C=O) groups excluding carboxylic acids is 4. The molecule has 2 unspecified atom stereocenters. The number of rotatable bonds is 76. The summed E-state index contributed by atoms with van der Waals surface area (Å²) in [6, 6.07) is 0. The van der Waals surface area contributed by atoms with Crippen molar-refractivity contribution in [2.75, 3.05) is 39.6 Å². The highest BCUT2D eigenvalue weighted by Crippen LogP contribution is 2.45. The van der Waals surface area contributed by atoms with E-state index in [0.717, 1.165) is 180 Å². The van der Waals surface area contributed by atoms with Crippen LogP contribution in [-0.2, 0) is 65.4 Å². The van der Waals surface area contributed by atoms with Crippen molar-refractivity contribution in [3.8, 4) is 0 Å². The molecule has 0 aromatic carbocycles. The number of aliphatic hydroxyl groups excluding tert-OH is 1. The molecule has 3 N–H and O–H groups in total. The zero-order valence-corrected chi connectivity index (χ0v) is 70.8. The highest BCUT2D eigenvalue weighted by atomic mass is 31.2. The highest BCUT2D eigenvalue weighted by molar-refractivity contribution is 7.47. The lowest BCUT2D eigenvalue weighted by atomic mass is 10.1. The Bertz CT molecular complexity index is 2990. The summed E-state index contributed by atoms with van der Waals surface area (Å²) in [6.07, 6.45) is 105. The van der Waals surface area contributed by atoms with Crippen molar-refractivity contribution in [1.29, 1.82) is 0 Å². The smallest absolute Gasteiger partial charge is 0.462 e. The third-order valence-corrected chi connectivity index (χ3v) is 18.3. The van der Waals surface area contributed by atoms with E-state index in [1.807, 2.05) is 18.2 Å². The number of hydrogen-bond donors (Lipinski definition) is 3. The van der Waals surface area contributed by atoms with Crippen LogP contribution in [0.2, 0.25) is 0 Å². The van der Waals surface area contributed by atoms with Gasteiger partial charge in [-0.1, -0.05) is 291 Å². The van der Waals surface area contributed by atoms with Crippen molar-refractivity contribution >= 4 is 39.5 Å². The van der Waals surface area contributed by atoms with Crippen LogP contribution in [0, 0.1) is 0 Å². The third kappa shape index (κ3) is 81.4. The molecule has 0 heterocycles. The summed E-state index contributed by atoms with van der Waals surface area (Å²) >= 11 is 0. The summed E-state index contributed by atoms with van der Waals surface area (Å²) in [4.78, 5) is 73.2. The second-order valence-corrected chi connectivity index (χ2v) is 29.8. The first-order valence-electron chi connectivity index (χ1n) is 42.0. The van der Waals surface area contributed by atoms with Crippen molar-refractivity contribution in [2.24, 2.45) is 0 Å². The Labute approximate surface area is 677 Å². The number of esters is 4. The molecule has 17 nitrogen and oxygen atoms in total. The molecule has 0 aliphatic heterocycles. The van der Waals surface area contributed by atoms with Crippen molar-refractivity contribution in [3.05, 3.63) is 219 Å². The standard InChI is InChI=1S/C93H146O17P2/c1-5-9-13-17-21-25-29-33-37-40-43-46-50-53-57-61-65-69-73-77-90(95)103-83-88(109-92(97)79-75-71-67-63-59-55-49-36-32-28-24-20-16-12-8-4)85-107-111(99,100)105-81-87(94)82-106-112(101,102)108-86-89(110-93(98)80-76-72-68-64-60-56-52-48-45-42-39-35-31-27-23-19-15-11-7-3)84-104-91(96)78-74-70-66-62-58-54-51-47-44-41-38-34-30-26-22-18-14-10-6-2/h9-11,13-15,21-28,33-39,43-49,53-54,56-58,60,65,69,87-89,94H,5-8,12,16-20,29-32,40-42,50-52,55,59,61-64,66-68,70-86H2,1-4H3,(H,99,100)(H,101,102)/b13-9-,14-10-,15-11-,25-21-,26-22-,27-23-,28-24-,37-33-,38-34-,39-35-,46-43-,47-44-,48-45-,49-36-,57-53-,58-54-,60-56-,69-65-/t87-,88-,89-/m1/s1. The molecule has 0 radical (unpaired) electrons. The Morgan fingerprint density at radius 1 is 0.259 bits per heavy atom. The van der Waals surface area contributed by atoms with Gasteiger partial charge in [0.15, 0.2) is 12.2 Å². The van der Waals surface area contributed by atoms with Crippen LogP contribution < -0.4 is 0 Å². The van der Waals surface area contributed by atoms with Gasteiger partial charge in [-0.2, -0.15) is 0 Å². The van der Waals surface area contributed by atoms with Gasteiger partial charge < -0.3 is 33.8 Å². The zero-order chi connectivity index (χ0) is 81.7. The van der Waals surface area contributed by atoms with Gasteiger partial charge in [0.2, 0.25) is 0 Å². The van der Waals surface area contributed by atoms with Crippen LogP contribution in [0.1, 0.15) is 285 Å². The quantitative estimate of drug-likeness (QED) is 0.0169. The predicted molar refractivity (Wildman–Crippen MR) is 463 cm³/mol. The molecule has 0 saturated heterocycles. The van der Waals surface area contributed by atoms with E-state index >= 15 is 0 Å². The van der Waals surface area contributed by atoms with Crippen molar-refractivity contribution in [2.45, 2.75) is 303 Å². The van der Waals surface area contributed by atoms with E-state index < -0.39 is 97.5 Å². The summed E-state index contributed by atoms with van der Waals surface area (Å²) < 4.78 is 68.6. The number of unbranched alkanes of at least 4 members (excludes halogenated alkanes) is 14. The number of phosphoric ester groups is 2. The lowest BCUT2D eigenvalue weighted by Crippen LogP contribution is -2.30. The summed E-state index contributed by atoms with van der Waals surface area (Å²) in [5, 5.41) is 10.7. The van der Waals surface area contributed by atoms with Gasteiger partial charge in [-0.3, -0.25) is 37.3 Å². The second kappa shape index (κ2) is 82.4. The number of phosphoric acid groups is 2. The molecule has 5 atom stereocenters. The fourth-order valence-electron chi connectivity index (χ4n) is 10.2. The van der Waals surface area contributed by atoms with E-state index in [-0.39, 0.29) is 25.7 Å². The maximum Gasteiger partial charge on any atom is 0.472 e. The Balaban J connectivity index is 5.56.